The predicted octanol–water partition coefficient (Wildman–Crippen LogP) is 5.31. The molecule has 2 bridgehead atoms. The molecular weight excluding hydrogens is 322 g/mol. The van der Waals surface area contributed by atoms with E-state index in [1.807, 2.05) is 0 Å². The Labute approximate surface area is 155 Å². The van der Waals surface area contributed by atoms with E-state index in [0.717, 1.165) is 18.6 Å². The zero-order chi connectivity index (χ0) is 18.1. The molecule has 5 rings (SSSR count). The Balaban J connectivity index is 1.79. The van der Waals surface area contributed by atoms with E-state index < -0.39 is 0 Å². The van der Waals surface area contributed by atoms with E-state index in [9.17, 15) is 0 Å². The Morgan fingerprint density at radius 1 is 0.962 bits per heavy atom. The number of hydrogen-bond acceptors (Lipinski definition) is 3. The van der Waals surface area contributed by atoms with Crippen LogP contribution < -0.4 is 10.1 Å². The molecule has 2 unspecified atom stereocenters. The normalized spacial score (nSPS) is 22.6. The van der Waals surface area contributed by atoms with Gasteiger partial charge in [0.1, 0.15) is 18.0 Å². The van der Waals surface area contributed by atoms with Gasteiger partial charge >= 0.3 is 0 Å². The fourth-order valence-corrected chi connectivity index (χ4v) is 5.03. The number of hydrogen-bond donors (Lipinski definition) is 1. The van der Waals surface area contributed by atoms with Crippen molar-refractivity contribution in [3.8, 4) is 5.75 Å². The highest BCUT2D eigenvalue weighted by atomic mass is 16.5. The summed E-state index contributed by atoms with van der Waals surface area (Å²) in [6.07, 6.45) is 4.87. The Morgan fingerprint density at radius 3 is 2.19 bits per heavy atom. The molecule has 136 valence electrons. The summed E-state index contributed by atoms with van der Waals surface area (Å²) >= 11 is 0. The van der Waals surface area contributed by atoms with Crippen LogP contribution >= 0.6 is 0 Å². The molecule has 0 radical (unpaired) electrons. The van der Waals surface area contributed by atoms with Gasteiger partial charge in [0.15, 0.2) is 0 Å². The number of fused-ring (bicyclic) bond motifs is 10. The van der Waals surface area contributed by atoms with Gasteiger partial charge in [-0.2, -0.15) is 0 Å². The Bertz CT molecular complexity index is 894. The zero-order valence-corrected chi connectivity index (χ0v) is 16.1. The summed E-state index contributed by atoms with van der Waals surface area (Å²) in [4.78, 5) is 0. The first-order valence-electron chi connectivity index (χ1n) is 9.77. The third-order valence-electron chi connectivity index (χ3n) is 5.92. The molecular formula is C23H27NO2. The molecule has 1 N–H and O–H groups in total. The molecule has 0 saturated heterocycles. The van der Waals surface area contributed by atoms with Crippen LogP contribution in [0.15, 0.2) is 24.3 Å². The molecule has 0 amide bonds. The van der Waals surface area contributed by atoms with Crippen LogP contribution in [0.3, 0.4) is 0 Å². The van der Waals surface area contributed by atoms with E-state index >= 15 is 0 Å². The van der Waals surface area contributed by atoms with Crippen LogP contribution in [0.2, 0.25) is 0 Å². The maximum absolute atomic E-state index is 6.50. The highest BCUT2D eigenvalue weighted by Crippen LogP contribution is 2.60. The van der Waals surface area contributed by atoms with E-state index in [4.69, 9.17) is 9.47 Å². The van der Waals surface area contributed by atoms with Crippen molar-refractivity contribution in [1.82, 2.24) is 0 Å². The van der Waals surface area contributed by atoms with Gasteiger partial charge < -0.3 is 14.8 Å². The van der Waals surface area contributed by atoms with Gasteiger partial charge in [-0.15, -0.1) is 0 Å². The molecule has 26 heavy (non-hydrogen) atoms. The average Bonchev–Trinajstić information content (AvgIpc) is 3.18. The molecule has 2 aromatic rings. The van der Waals surface area contributed by atoms with Gasteiger partial charge in [-0.25, -0.2) is 0 Å². The monoisotopic (exact) mass is 349 g/mol. The second kappa shape index (κ2) is 5.50. The minimum absolute atomic E-state index is 0.00824. The predicted molar refractivity (Wildman–Crippen MR) is 104 cm³/mol. The number of rotatable bonds is 2. The molecule has 3 aliphatic rings. The minimum Gasteiger partial charge on any atom is -0.494 e. The van der Waals surface area contributed by atoms with E-state index in [2.05, 4.69) is 50.4 Å². The lowest BCUT2D eigenvalue weighted by atomic mass is 9.77. The molecule has 0 aromatic heterocycles. The zero-order valence-electron chi connectivity index (χ0n) is 16.1. The summed E-state index contributed by atoms with van der Waals surface area (Å²) in [7, 11) is 1.80. The lowest BCUT2D eigenvalue weighted by Gasteiger charge is -2.33. The van der Waals surface area contributed by atoms with Crippen molar-refractivity contribution < 1.29 is 9.47 Å². The molecule has 3 heteroatoms. The molecule has 0 fully saturated rings. The second-order valence-electron chi connectivity index (χ2n) is 8.80. The highest BCUT2D eigenvalue weighted by Gasteiger charge is 2.47. The van der Waals surface area contributed by atoms with Crippen molar-refractivity contribution >= 4 is 5.69 Å². The van der Waals surface area contributed by atoms with Gasteiger partial charge in [-0.3, -0.25) is 0 Å². The van der Waals surface area contributed by atoms with Crippen molar-refractivity contribution in [2.75, 3.05) is 12.4 Å². The first-order valence-corrected chi connectivity index (χ1v) is 9.77. The summed E-state index contributed by atoms with van der Waals surface area (Å²) in [5.74, 6) is 0.998. The quantitative estimate of drug-likeness (QED) is 0.797. The van der Waals surface area contributed by atoms with Gasteiger partial charge in [0.2, 0.25) is 0 Å². The van der Waals surface area contributed by atoms with Crippen LogP contribution in [0.5, 0.6) is 5.75 Å². The molecule has 2 atom stereocenters. The standard InChI is InChI=1S/C23H27NO2/c1-23(2,3)24-19-14-10-6-5-9-13(14)17-18(22(19)25-4)21-16-12-8-7-11-15(16)20(17)26-21/h7-8,11-12,20-21,24H,5-6,9-10H2,1-4H3. The van der Waals surface area contributed by atoms with Crippen LogP contribution in [0.1, 0.15) is 79.2 Å². The van der Waals surface area contributed by atoms with Gasteiger partial charge in [-0.1, -0.05) is 24.3 Å². The molecule has 0 saturated carbocycles. The summed E-state index contributed by atoms with van der Waals surface area (Å²) < 4.78 is 12.5. The van der Waals surface area contributed by atoms with E-state index in [1.165, 1.54) is 51.9 Å². The lowest BCUT2D eigenvalue weighted by molar-refractivity contribution is 0.0846. The number of ether oxygens (including phenoxy) is 2. The summed E-state index contributed by atoms with van der Waals surface area (Å²) in [5, 5.41) is 3.76. The van der Waals surface area contributed by atoms with Crippen molar-refractivity contribution in [2.45, 2.75) is 64.2 Å². The molecule has 2 aromatic carbocycles. The summed E-state index contributed by atoms with van der Waals surface area (Å²) in [6.45, 7) is 6.65. The number of nitrogens with one attached hydrogen (secondary N) is 1. The van der Waals surface area contributed by atoms with Crippen LogP contribution in [-0.2, 0) is 17.6 Å². The van der Waals surface area contributed by atoms with E-state index in [0.29, 0.717) is 0 Å². The van der Waals surface area contributed by atoms with Gasteiger partial charge in [-0.05, 0) is 74.3 Å². The largest absolute Gasteiger partial charge is 0.494 e. The maximum Gasteiger partial charge on any atom is 0.148 e. The van der Waals surface area contributed by atoms with Gasteiger partial charge in [0, 0.05) is 11.1 Å². The van der Waals surface area contributed by atoms with Crippen molar-refractivity contribution in [3.63, 3.8) is 0 Å². The SMILES string of the molecule is COc1c(NC(C)(C)C)c2c(c3c1C1OC3c3ccccc31)CCCC2. The molecule has 1 aliphatic carbocycles. The Kier molecular flexibility index (Phi) is 3.42. The van der Waals surface area contributed by atoms with Crippen LogP contribution in [0, 0.1) is 0 Å². The number of anilines is 1. The first kappa shape index (κ1) is 16.2. The number of methoxy groups -OCH3 is 1. The summed E-state index contributed by atoms with van der Waals surface area (Å²) in [5.41, 5.74) is 9.47. The Hall–Kier alpha value is -2.00. The minimum atomic E-state index is -0.0108. The maximum atomic E-state index is 6.50. The van der Waals surface area contributed by atoms with Gasteiger partial charge in [0.25, 0.3) is 0 Å². The van der Waals surface area contributed by atoms with Crippen LogP contribution in [0.25, 0.3) is 0 Å². The van der Waals surface area contributed by atoms with Crippen molar-refractivity contribution in [3.05, 3.63) is 57.6 Å². The van der Waals surface area contributed by atoms with Crippen molar-refractivity contribution in [1.29, 1.82) is 0 Å². The number of benzene rings is 2. The first-order chi connectivity index (χ1) is 12.5. The lowest BCUT2D eigenvalue weighted by Crippen LogP contribution is -2.28. The smallest absolute Gasteiger partial charge is 0.148 e. The molecule has 2 heterocycles. The third kappa shape index (κ3) is 2.16. The van der Waals surface area contributed by atoms with Crippen LogP contribution in [0.4, 0.5) is 5.69 Å². The molecule has 0 spiro atoms. The van der Waals surface area contributed by atoms with Crippen LogP contribution in [-0.4, -0.2) is 12.6 Å². The van der Waals surface area contributed by atoms with E-state index in [1.54, 1.807) is 7.11 Å². The van der Waals surface area contributed by atoms with E-state index in [-0.39, 0.29) is 17.7 Å². The van der Waals surface area contributed by atoms with Gasteiger partial charge in [0.05, 0.1) is 12.8 Å². The fraction of sp³-hybridized carbons (Fsp3) is 0.478. The topological polar surface area (TPSA) is 30.5 Å². The average molecular weight is 349 g/mol. The van der Waals surface area contributed by atoms with Crippen molar-refractivity contribution in [2.24, 2.45) is 0 Å². The third-order valence-corrected chi connectivity index (χ3v) is 5.92. The Morgan fingerprint density at radius 2 is 1.58 bits per heavy atom. The fourth-order valence-electron chi connectivity index (χ4n) is 5.03. The highest BCUT2D eigenvalue weighted by molar-refractivity contribution is 5.76. The molecule has 2 aliphatic heterocycles. The molecule has 3 nitrogen and oxygen atoms in total. The second-order valence-corrected chi connectivity index (χ2v) is 8.80. The summed E-state index contributed by atoms with van der Waals surface area (Å²) in [6, 6.07) is 8.67.